The predicted molar refractivity (Wildman–Crippen MR) is 111 cm³/mol. The fraction of sp³-hybridized carbons (Fsp3) is 0.211. The molecule has 0 bridgehead atoms. The molecule has 5 rings (SSSR count). The quantitative estimate of drug-likeness (QED) is 0.360. The maximum atomic E-state index is 15.4. The summed E-state index contributed by atoms with van der Waals surface area (Å²) in [6.07, 6.45) is 7.56. The second-order valence-electron chi connectivity index (χ2n) is 7.32. The van der Waals surface area contributed by atoms with E-state index in [4.69, 9.17) is 4.52 Å². The lowest BCUT2D eigenvalue weighted by Gasteiger charge is -2.15. The second-order valence-corrected chi connectivity index (χ2v) is 10.00. The van der Waals surface area contributed by atoms with Gasteiger partial charge in [0.2, 0.25) is 13.2 Å². The number of hydrogen-bond donors (Lipinski definition) is 0. The van der Waals surface area contributed by atoms with Gasteiger partial charge in [0.1, 0.15) is 11.4 Å². The summed E-state index contributed by atoms with van der Waals surface area (Å²) in [6.45, 7) is 1.51. The zero-order valence-electron chi connectivity index (χ0n) is 17.0. The lowest BCUT2D eigenvalue weighted by Crippen LogP contribution is -2.21. The lowest BCUT2D eigenvalue weighted by molar-refractivity contribution is 0.0301. The van der Waals surface area contributed by atoms with Crippen molar-refractivity contribution in [2.75, 3.05) is 13.8 Å². The second kappa shape index (κ2) is 7.28. The fourth-order valence-corrected chi connectivity index (χ4v) is 4.15. The molecule has 13 heteroatoms. The van der Waals surface area contributed by atoms with Crippen LogP contribution < -0.4 is 0 Å². The van der Waals surface area contributed by atoms with E-state index in [-0.39, 0.29) is 23.3 Å². The molecule has 0 amide bonds. The molecule has 0 aromatic carbocycles. The molecule has 0 saturated carbocycles. The minimum atomic E-state index is -3.47. The Hall–Kier alpha value is -3.50. The molecule has 5 heterocycles. The fourth-order valence-electron chi connectivity index (χ4n) is 3.28. The Bertz CT molecular complexity index is 1490. The van der Waals surface area contributed by atoms with Crippen molar-refractivity contribution in [3.05, 3.63) is 66.8 Å². The minimum Gasteiger partial charge on any atom is -0.331 e. The first kappa shape index (κ1) is 20.4. The number of aromatic nitrogens is 8. The van der Waals surface area contributed by atoms with E-state index in [0.29, 0.717) is 5.69 Å². The van der Waals surface area contributed by atoms with Gasteiger partial charge in [-0.3, -0.25) is 4.57 Å². The first-order chi connectivity index (χ1) is 15.3. The van der Waals surface area contributed by atoms with Crippen molar-refractivity contribution in [3.8, 4) is 11.4 Å². The summed E-state index contributed by atoms with van der Waals surface area (Å²) in [5.74, 6) is -4.20. The molecule has 32 heavy (non-hydrogen) atoms. The minimum absolute atomic E-state index is 0.0673. The zero-order valence-corrected chi connectivity index (χ0v) is 17.9. The number of nitrogens with zero attached hydrogens (tertiary/aromatic N) is 8. The van der Waals surface area contributed by atoms with E-state index in [0.717, 1.165) is 10.0 Å². The highest BCUT2D eigenvalue weighted by molar-refractivity contribution is 7.57. The number of pyridine rings is 1. The van der Waals surface area contributed by atoms with E-state index in [1.54, 1.807) is 33.5 Å². The van der Waals surface area contributed by atoms with Crippen LogP contribution in [0, 0.1) is 0 Å². The molecule has 10 nitrogen and oxygen atoms in total. The van der Waals surface area contributed by atoms with Gasteiger partial charge in [-0.25, -0.2) is 9.97 Å². The van der Waals surface area contributed by atoms with Gasteiger partial charge in [-0.2, -0.15) is 18.4 Å². The van der Waals surface area contributed by atoms with Crippen LogP contribution in [0.5, 0.6) is 0 Å². The lowest BCUT2D eigenvalue weighted by atomic mass is 10.1. The number of fused-ring (bicyclic) bond motifs is 2. The Morgan fingerprint density at radius 1 is 1.12 bits per heavy atom. The van der Waals surface area contributed by atoms with Crippen molar-refractivity contribution in [2.45, 2.75) is 12.2 Å². The first-order valence-corrected chi connectivity index (χ1v) is 11.7. The third kappa shape index (κ3) is 3.47. The van der Waals surface area contributed by atoms with Gasteiger partial charge in [0, 0.05) is 43.4 Å². The SMILES string of the molecule is COP(C)(=O)Cn1cnc(-c2cnc3nnc(C(F)(F)c4ccc5cccn5c4)n3n2)c1. The van der Waals surface area contributed by atoms with Gasteiger partial charge < -0.3 is 13.5 Å². The van der Waals surface area contributed by atoms with Crippen molar-refractivity contribution < 1.29 is 17.9 Å². The van der Waals surface area contributed by atoms with Crippen LogP contribution in [0.3, 0.4) is 0 Å². The average Bonchev–Trinajstić information content (AvgIpc) is 3.51. The van der Waals surface area contributed by atoms with Gasteiger partial charge in [-0.05, 0) is 24.3 Å². The van der Waals surface area contributed by atoms with Crippen molar-refractivity contribution in [3.63, 3.8) is 0 Å². The summed E-state index contributed by atoms with van der Waals surface area (Å²) in [5, 5.41) is 11.6. The molecule has 1 unspecified atom stereocenters. The summed E-state index contributed by atoms with van der Waals surface area (Å²) >= 11 is 0. The number of alkyl halides is 2. The zero-order chi connectivity index (χ0) is 22.5. The van der Waals surface area contributed by atoms with Crippen molar-refractivity contribution in [1.82, 2.24) is 38.7 Å². The number of imidazole rings is 1. The molecule has 164 valence electrons. The number of halogens is 2. The first-order valence-electron chi connectivity index (χ1n) is 9.45. The molecule has 0 fully saturated rings. The number of hydrogen-bond acceptors (Lipinski definition) is 7. The molecule has 5 aromatic heterocycles. The Balaban J connectivity index is 1.54. The van der Waals surface area contributed by atoms with Gasteiger partial charge in [0.15, 0.2) is 0 Å². The van der Waals surface area contributed by atoms with Crippen LogP contribution in [0.1, 0.15) is 11.4 Å². The van der Waals surface area contributed by atoms with Crippen LogP contribution in [-0.4, -0.2) is 52.5 Å². The summed E-state index contributed by atoms with van der Waals surface area (Å²) in [6, 6.07) is 6.52. The highest BCUT2D eigenvalue weighted by Crippen LogP contribution is 2.43. The van der Waals surface area contributed by atoms with Gasteiger partial charge >= 0.3 is 5.92 Å². The van der Waals surface area contributed by atoms with Crippen molar-refractivity contribution in [1.29, 1.82) is 0 Å². The molecule has 0 aliphatic heterocycles. The molecule has 0 spiro atoms. The standard InChI is InChI=1S/C19H17F2N8O2P/c1-31-32(2,30)12-27-10-16(23-11-27)15-8-22-18-25-24-17(29(18)26-15)19(20,21)13-5-6-14-4-3-7-28(14)9-13/h3-11H,12H2,1-2H3. The van der Waals surface area contributed by atoms with E-state index in [2.05, 4.69) is 25.3 Å². The van der Waals surface area contributed by atoms with Crippen molar-refractivity contribution >= 4 is 18.7 Å². The molecule has 5 aromatic rings. The third-order valence-corrected chi connectivity index (χ3v) is 6.62. The summed E-state index contributed by atoms with van der Waals surface area (Å²) < 4.78 is 52.0. The molecule has 0 N–H and O–H groups in total. The summed E-state index contributed by atoms with van der Waals surface area (Å²) in [4.78, 5) is 8.30. The average molecular weight is 458 g/mol. The molecule has 0 aliphatic carbocycles. The van der Waals surface area contributed by atoms with E-state index in [9.17, 15) is 4.57 Å². The smallest absolute Gasteiger partial charge is 0.331 e. The molecular formula is C19H17F2N8O2P. The van der Waals surface area contributed by atoms with E-state index >= 15 is 8.78 Å². The molecule has 0 aliphatic rings. The van der Waals surface area contributed by atoms with E-state index in [1.165, 1.54) is 38.6 Å². The maximum Gasteiger partial charge on any atom is 0.335 e. The largest absolute Gasteiger partial charge is 0.335 e. The van der Waals surface area contributed by atoms with Crippen LogP contribution in [0.4, 0.5) is 8.78 Å². The molecular weight excluding hydrogens is 441 g/mol. The summed E-state index contributed by atoms with van der Waals surface area (Å²) in [7, 11) is -1.44. The van der Waals surface area contributed by atoms with Gasteiger partial charge in [0.05, 0.1) is 18.8 Å². The normalized spacial score (nSPS) is 14.2. The number of rotatable bonds is 6. The van der Waals surface area contributed by atoms with Crippen molar-refractivity contribution in [2.24, 2.45) is 0 Å². The molecule has 0 saturated heterocycles. The van der Waals surface area contributed by atoms with E-state index < -0.39 is 19.1 Å². The molecule has 1 atom stereocenters. The maximum absolute atomic E-state index is 15.4. The molecule has 0 radical (unpaired) electrons. The Morgan fingerprint density at radius 2 is 1.97 bits per heavy atom. The van der Waals surface area contributed by atoms with Gasteiger partial charge in [-0.1, -0.05) is 0 Å². The third-order valence-electron chi connectivity index (χ3n) is 5.00. The van der Waals surface area contributed by atoms with Gasteiger partial charge in [0.25, 0.3) is 5.78 Å². The van der Waals surface area contributed by atoms with Crippen LogP contribution in [0.2, 0.25) is 0 Å². The highest BCUT2D eigenvalue weighted by Gasteiger charge is 2.40. The van der Waals surface area contributed by atoms with Crippen LogP contribution >= 0.6 is 7.37 Å². The topological polar surface area (TPSA) is 104 Å². The van der Waals surface area contributed by atoms with Crippen LogP contribution in [-0.2, 0) is 21.3 Å². The van der Waals surface area contributed by atoms with Crippen LogP contribution in [0.25, 0.3) is 22.7 Å². The monoisotopic (exact) mass is 458 g/mol. The van der Waals surface area contributed by atoms with Crippen LogP contribution in [0.15, 0.2) is 55.4 Å². The highest BCUT2D eigenvalue weighted by atomic mass is 31.2. The Morgan fingerprint density at radius 3 is 2.78 bits per heavy atom. The Labute approximate surface area is 180 Å². The summed E-state index contributed by atoms with van der Waals surface area (Å²) in [5.41, 5.74) is 1.13. The predicted octanol–water partition coefficient (Wildman–Crippen LogP) is 3.29. The Kier molecular flexibility index (Phi) is 4.64. The van der Waals surface area contributed by atoms with E-state index in [1.807, 2.05) is 6.07 Å². The van der Waals surface area contributed by atoms with Gasteiger partial charge in [-0.15, -0.1) is 10.2 Å².